The molecule has 4 rings (SSSR count). The van der Waals surface area contributed by atoms with Crippen molar-refractivity contribution in [2.45, 2.75) is 6.04 Å². The Morgan fingerprint density at radius 2 is 2.36 bits per heavy atom. The zero-order valence-electron chi connectivity index (χ0n) is 12.0. The van der Waals surface area contributed by atoms with Crippen LogP contribution in [0.5, 0.6) is 0 Å². The molecule has 7 nitrogen and oxygen atoms in total. The number of nitrogens with one attached hydrogen (secondary N) is 1. The van der Waals surface area contributed by atoms with Crippen molar-refractivity contribution < 1.29 is 8.94 Å². The molecule has 22 heavy (non-hydrogen) atoms. The molecule has 0 radical (unpaired) electrons. The van der Waals surface area contributed by atoms with E-state index in [4.69, 9.17) is 8.94 Å². The summed E-state index contributed by atoms with van der Waals surface area (Å²) in [5, 5.41) is 10.3. The van der Waals surface area contributed by atoms with Gasteiger partial charge in [0.05, 0.1) is 12.3 Å². The fourth-order valence-corrected chi connectivity index (χ4v) is 3.24. The van der Waals surface area contributed by atoms with Gasteiger partial charge in [-0.05, 0) is 13.1 Å². The molecular weight excluding hydrogens is 302 g/mol. The minimum absolute atomic E-state index is 0.137. The van der Waals surface area contributed by atoms with Gasteiger partial charge in [0, 0.05) is 30.6 Å². The SMILES string of the molecule is CN1CCNCC1c1noc(-c2csc(-c3ccoc3)n2)n1. The maximum absolute atomic E-state index is 5.39. The van der Waals surface area contributed by atoms with Gasteiger partial charge in [-0.15, -0.1) is 11.3 Å². The second-order valence-corrected chi connectivity index (χ2v) is 6.07. The molecule has 0 saturated carbocycles. The molecule has 1 unspecified atom stereocenters. The van der Waals surface area contributed by atoms with Crippen molar-refractivity contribution in [2.24, 2.45) is 0 Å². The van der Waals surface area contributed by atoms with Gasteiger partial charge in [0.2, 0.25) is 0 Å². The number of aromatic nitrogens is 3. The van der Waals surface area contributed by atoms with Gasteiger partial charge in [-0.25, -0.2) is 4.98 Å². The topological polar surface area (TPSA) is 80.2 Å². The van der Waals surface area contributed by atoms with Crippen LogP contribution in [0.25, 0.3) is 22.2 Å². The van der Waals surface area contributed by atoms with Crippen molar-refractivity contribution in [1.29, 1.82) is 0 Å². The third-order valence-electron chi connectivity index (χ3n) is 3.74. The lowest BCUT2D eigenvalue weighted by molar-refractivity contribution is 0.190. The van der Waals surface area contributed by atoms with Crippen molar-refractivity contribution >= 4 is 11.3 Å². The molecule has 0 aliphatic carbocycles. The molecule has 1 atom stereocenters. The zero-order chi connectivity index (χ0) is 14.9. The number of rotatable bonds is 3. The van der Waals surface area contributed by atoms with Gasteiger partial charge >= 0.3 is 0 Å². The van der Waals surface area contributed by atoms with Gasteiger partial charge in [0.15, 0.2) is 5.82 Å². The fourth-order valence-electron chi connectivity index (χ4n) is 2.46. The van der Waals surface area contributed by atoms with Gasteiger partial charge in [-0.1, -0.05) is 5.16 Å². The van der Waals surface area contributed by atoms with Crippen LogP contribution in [0.15, 0.2) is 32.9 Å². The Kier molecular flexibility index (Phi) is 3.49. The molecule has 1 aliphatic heterocycles. The molecule has 8 heteroatoms. The highest BCUT2D eigenvalue weighted by Gasteiger charge is 2.26. The van der Waals surface area contributed by atoms with Gasteiger partial charge in [-0.3, -0.25) is 4.90 Å². The third-order valence-corrected chi connectivity index (χ3v) is 4.63. The van der Waals surface area contributed by atoms with Gasteiger partial charge < -0.3 is 14.3 Å². The average Bonchev–Trinajstić information content (AvgIpc) is 3.27. The van der Waals surface area contributed by atoms with E-state index in [0.717, 1.165) is 30.2 Å². The maximum Gasteiger partial charge on any atom is 0.277 e. The second kappa shape index (κ2) is 5.64. The predicted molar refractivity (Wildman–Crippen MR) is 81.3 cm³/mol. The number of thiazole rings is 1. The molecule has 3 aromatic heterocycles. The van der Waals surface area contributed by atoms with Crippen LogP contribution in [0, 0.1) is 0 Å². The Morgan fingerprint density at radius 3 is 3.18 bits per heavy atom. The van der Waals surface area contributed by atoms with E-state index in [0.29, 0.717) is 17.4 Å². The van der Waals surface area contributed by atoms with E-state index in [9.17, 15) is 0 Å². The summed E-state index contributed by atoms with van der Waals surface area (Å²) in [6.07, 6.45) is 3.30. The zero-order valence-corrected chi connectivity index (χ0v) is 12.8. The molecule has 1 fully saturated rings. The van der Waals surface area contributed by atoms with Gasteiger partial charge in [0.25, 0.3) is 5.89 Å². The van der Waals surface area contributed by atoms with E-state index < -0.39 is 0 Å². The standard InChI is InChI=1S/C14H15N5O2S/c1-19-4-3-15-6-11(19)12-17-13(21-18-12)10-8-22-14(16-10)9-2-5-20-7-9/h2,5,7-8,11,15H,3-4,6H2,1H3. The predicted octanol–water partition coefficient (Wildman–Crippen LogP) is 2.03. The number of hydrogen-bond acceptors (Lipinski definition) is 8. The van der Waals surface area contributed by atoms with Crippen LogP contribution in [0.1, 0.15) is 11.9 Å². The second-order valence-electron chi connectivity index (χ2n) is 5.21. The first-order valence-electron chi connectivity index (χ1n) is 7.04. The molecule has 4 heterocycles. The molecule has 0 aromatic carbocycles. The number of nitrogens with zero attached hydrogens (tertiary/aromatic N) is 4. The summed E-state index contributed by atoms with van der Waals surface area (Å²) in [4.78, 5) is 11.3. The lowest BCUT2D eigenvalue weighted by Gasteiger charge is -2.30. The summed E-state index contributed by atoms with van der Waals surface area (Å²) in [6.45, 7) is 2.78. The summed E-state index contributed by atoms with van der Waals surface area (Å²) < 4.78 is 10.5. The van der Waals surface area contributed by atoms with Crippen LogP contribution in [0.2, 0.25) is 0 Å². The number of likely N-dealkylation sites (N-methyl/N-ethyl adjacent to an activating group) is 1. The fraction of sp³-hybridized carbons (Fsp3) is 0.357. The molecule has 114 valence electrons. The summed E-state index contributed by atoms with van der Waals surface area (Å²) in [5.41, 5.74) is 1.65. The molecule has 1 N–H and O–H groups in total. The lowest BCUT2D eigenvalue weighted by atomic mass is 10.2. The van der Waals surface area contributed by atoms with Crippen molar-refractivity contribution in [3.8, 4) is 22.2 Å². The van der Waals surface area contributed by atoms with Crippen molar-refractivity contribution in [3.63, 3.8) is 0 Å². The summed E-state index contributed by atoms with van der Waals surface area (Å²) in [7, 11) is 2.07. The van der Waals surface area contributed by atoms with Crippen molar-refractivity contribution in [1.82, 2.24) is 25.3 Å². The van der Waals surface area contributed by atoms with Crippen LogP contribution in [-0.4, -0.2) is 46.7 Å². The Bertz CT molecular complexity index is 751. The van der Waals surface area contributed by atoms with Crippen LogP contribution in [-0.2, 0) is 0 Å². The highest BCUT2D eigenvalue weighted by Crippen LogP contribution is 2.29. The monoisotopic (exact) mass is 317 g/mol. The number of piperazine rings is 1. The first-order chi connectivity index (χ1) is 10.8. The van der Waals surface area contributed by atoms with Gasteiger partial charge in [0.1, 0.15) is 17.0 Å². The highest BCUT2D eigenvalue weighted by molar-refractivity contribution is 7.13. The molecule has 3 aromatic rings. The first kappa shape index (κ1) is 13.6. The number of hydrogen-bond donors (Lipinski definition) is 1. The third kappa shape index (κ3) is 2.45. The van der Waals surface area contributed by atoms with Gasteiger partial charge in [-0.2, -0.15) is 4.98 Å². The Labute approximate surface area is 131 Å². The summed E-state index contributed by atoms with van der Waals surface area (Å²) in [5.74, 6) is 1.16. The van der Waals surface area contributed by atoms with Crippen LogP contribution >= 0.6 is 11.3 Å². The minimum Gasteiger partial charge on any atom is -0.472 e. The highest BCUT2D eigenvalue weighted by atomic mass is 32.1. The Morgan fingerprint density at radius 1 is 1.41 bits per heavy atom. The van der Waals surface area contributed by atoms with E-state index in [1.54, 1.807) is 12.5 Å². The molecule has 0 bridgehead atoms. The Balaban J connectivity index is 1.59. The molecular formula is C14H15N5O2S. The molecule has 0 amide bonds. The Hall–Kier alpha value is -2.03. The summed E-state index contributed by atoms with van der Waals surface area (Å²) >= 11 is 1.53. The molecule has 1 aliphatic rings. The molecule has 1 saturated heterocycles. The van der Waals surface area contributed by atoms with Crippen molar-refractivity contribution in [2.75, 3.05) is 26.7 Å². The van der Waals surface area contributed by atoms with Crippen LogP contribution in [0.3, 0.4) is 0 Å². The molecule has 0 spiro atoms. The number of furan rings is 1. The average molecular weight is 317 g/mol. The lowest BCUT2D eigenvalue weighted by Crippen LogP contribution is -2.44. The van der Waals surface area contributed by atoms with E-state index in [-0.39, 0.29) is 6.04 Å². The normalized spacial score (nSPS) is 19.6. The largest absolute Gasteiger partial charge is 0.472 e. The van der Waals surface area contributed by atoms with Crippen LogP contribution in [0.4, 0.5) is 0 Å². The van der Waals surface area contributed by atoms with Crippen LogP contribution < -0.4 is 5.32 Å². The summed E-state index contributed by atoms with van der Waals surface area (Å²) in [6, 6.07) is 2.02. The smallest absolute Gasteiger partial charge is 0.277 e. The van der Waals surface area contributed by atoms with Crippen molar-refractivity contribution in [3.05, 3.63) is 29.8 Å². The first-order valence-corrected chi connectivity index (χ1v) is 7.92. The quantitative estimate of drug-likeness (QED) is 0.791. The van der Waals surface area contributed by atoms with E-state index in [1.165, 1.54) is 11.3 Å². The minimum atomic E-state index is 0.137. The van der Waals surface area contributed by atoms with E-state index in [2.05, 4.69) is 32.4 Å². The van der Waals surface area contributed by atoms with E-state index in [1.807, 2.05) is 11.4 Å². The van der Waals surface area contributed by atoms with E-state index >= 15 is 0 Å². The maximum atomic E-state index is 5.39.